The van der Waals surface area contributed by atoms with Crippen molar-refractivity contribution in [3.05, 3.63) is 99.8 Å². The molecule has 3 aromatic carbocycles. The molecule has 4 rings (SSSR count). The summed E-state index contributed by atoms with van der Waals surface area (Å²) in [6.07, 6.45) is 1.71. The minimum Gasteiger partial charge on any atom is -0.485 e. The predicted molar refractivity (Wildman–Crippen MR) is 112 cm³/mol. The van der Waals surface area contributed by atoms with Crippen LogP contribution in [0.3, 0.4) is 0 Å². The number of halogens is 1. The van der Waals surface area contributed by atoms with Gasteiger partial charge in [-0.3, -0.25) is 9.59 Å². The van der Waals surface area contributed by atoms with Gasteiger partial charge in [0.15, 0.2) is 18.1 Å². The van der Waals surface area contributed by atoms with E-state index in [2.05, 4.69) is 0 Å². The summed E-state index contributed by atoms with van der Waals surface area (Å²) in [7, 11) is 0. The molecule has 0 atom stereocenters. The second-order valence-corrected chi connectivity index (χ2v) is 7.12. The molecule has 0 N–H and O–H groups in total. The first-order valence-corrected chi connectivity index (χ1v) is 9.44. The number of fused-ring (bicyclic) bond motifs is 1. The highest BCUT2D eigenvalue weighted by molar-refractivity contribution is 6.30. The van der Waals surface area contributed by atoms with Gasteiger partial charge in [-0.1, -0.05) is 41.9 Å². The number of ether oxygens (including phenoxy) is 2. The number of benzene rings is 3. The number of rotatable bonds is 5. The Balaban J connectivity index is 1.52. The molecule has 0 saturated carbocycles. The van der Waals surface area contributed by atoms with Gasteiger partial charge < -0.3 is 9.47 Å². The summed E-state index contributed by atoms with van der Waals surface area (Å²) >= 11 is 5.85. The molecule has 0 unspecified atom stereocenters. The van der Waals surface area contributed by atoms with Crippen molar-refractivity contribution in [3.8, 4) is 11.5 Å². The molecule has 1 aliphatic heterocycles. The molecule has 3 aromatic rings. The van der Waals surface area contributed by atoms with Gasteiger partial charge in [-0.2, -0.15) is 0 Å². The maximum atomic E-state index is 12.7. The minimum absolute atomic E-state index is 0.124. The van der Waals surface area contributed by atoms with E-state index in [9.17, 15) is 9.59 Å². The van der Waals surface area contributed by atoms with Crippen molar-refractivity contribution in [2.45, 2.75) is 6.92 Å². The number of ketones is 2. The van der Waals surface area contributed by atoms with E-state index in [1.54, 1.807) is 42.5 Å². The molecule has 5 heteroatoms. The van der Waals surface area contributed by atoms with Crippen molar-refractivity contribution in [1.82, 2.24) is 0 Å². The van der Waals surface area contributed by atoms with Crippen molar-refractivity contribution in [2.24, 2.45) is 0 Å². The number of hydrogen-bond acceptors (Lipinski definition) is 4. The van der Waals surface area contributed by atoms with Gasteiger partial charge in [0, 0.05) is 16.7 Å². The number of carbonyl (C=O) groups excluding carboxylic acids is 2. The van der Waals surface area contributed by atoms with Gasteiger partial charge in [0.25, 0.3) is 0 Å². The van der Waals surface area contributed by atoms with Crippen LogP contribution in [-0.2, 0) is 0 Å². The molecule has 0 spiro atoms. The lowest BCUT2D eigenvalue weighted by atomic mass is 10.0. The summed E-state index contributed by atoms with van der Waals surface area (Å²) in [5, 5.41) is 0.567. The van der Waals surface area contributed by atoms with E-state index in [1.807, 2.05) is 37.3 Å². The first-order chi connectivity index (χ1) is 14.0. The van der Waals surface area contributed by atoms with Crippen molar-refractivity contribution in [3.63, 3.8) is 0 Å². The van der Waals surface area contributed by atoms with Gasteiger partial charge in [-0.15, -0.1) is 0 Å². The molecular weight excluding hydrogens is 388 g/mol. The molecule has 0 radical (unpaired) electrons. The highest BCUT2D eigenvalue weighted by Gasteiger charge is 2.30. The SMILES string of the molecule is Cc1cc(OCC(=O)c2ccc(Cl)cc2)cc2c1C(=O)/C(=C/c1ccccc1)O2. The molecule has 4 nitrogen and oxygen atoms in total. The molecule has 144 valence electrons. The molecule has 29 heavy (non-hydrogen) atoms. The Kier molecular flexibility index (Phi) is 5.19. The molecule has 0 aliphatic carbocycles. The zero-order valence-corrected chi connectivity index (χ0v) is 16.4. The second kappa shape index (κ2) is 7.94. The van der Waals surface area contributed by atoms with Crippen LogP contribution in [0, 0.1) is 6.92 Å². The maximum Gasteiger partial charge on any atom is 0.232 e. The van der Waals surface area contributed by atoms with Crippen LogP contribution in [0.5, 0.6) is 11.5 Å². The van der Waals surface area contributed by atoms with Crippen molar-refractivity contribution in [2.75, 3.05) is 6.61 Å². The lowest BCUT2D eigenvalue weighted by Crippen LogP contribution is -2.11. The Labute approximate surface area is 173 Å². The van der Waals surface area contributed by atoms with E-state index in [-0.39, 0.29) is 23.9 Å². The Bertz CT molecular complexity index is 1120. The van der Waals surface area contributed by atoms with Crippen molar-refractivity contribution in [1.29, 1.82) is 0 Å². The molecule has 0 amide bonds. The Morgan fingerprint density at radius 2 is 1.79 bits per heavy atom. The standard InChI is InChI=1S/C24H17ClO4/c1-15-11-19(28-14-20(26)17-7-9-18(25)10-8-17)13-21-23(15)24(27)22(29-21)12-16-5-3-2-4-6-16/h2-13H,14H2,1H3/b22-12-. The van der Waals surface area contributed by atoms with Crippen LogP contribution < -0.4 is 9.47 Å². The van der Waals surface area contributed by atoms with Crippen molar-refractivity contribution < 1.29 is 19.1 Å². The van der Waals surface area contributed by atoms with Crippen LogP contribution in [0.2, 0.25) is 5.02 Å². The van der Waals surface area contributed by atoms with Gasteiger partial charge in [-0.05, 0) is 54.5 Å². The predicted octanol–water partition coefficient (Wildman–Crippen LogP) is 5.53. The molecular formula is C24H17ClO4. The monoisotopic (exact) mass is 404 g/mol. The second-order valence-electron chi connectivity index (χ2n) is 6.68. The smallest absolute Gasteiger partial charge is 0.232 e. The van der Waals surface area contributed by atoms with E-state index < -0.39 is 0 Å². The van der Waals surface area contributed by atoms with Crippen LogP contribution in [-0.4, -0.2) is 18.2 Å². The molecule has 0 bridgehead atoms. The third-order valence-corrected chi connectivity index (χ3v) is 4.83. The molecule has 1 aliphatic rings. The Hall–Kier alpha value is -3.37. The first-order valence-electron chi connectivity index (χ1n) is 9.07. The van der Waals surface area contributed by atoms with Crippen LogP contribution >= 0.6 is 11.6 Å². The molecule has 0 saturated heterocycles. The lowest BCUT2D eigenvalue weighted by Gasteiger charge is -2.09. The van der Waals surface area contributed by atoms with E-state index in [0.717, 1.165) is 11.1 Å². The van der Waals surface area contributed by atoms with Crippen LogP contribution in [0.4, 0.5) is 0 Å². The van der Waals surface area contributed by atoms with Gasteiger partial charge in [0.2, 0.25) is 5.78 Å². The number of carbonyl (C=O) groups is 2. The van der Waals surface area contributed by atoms with E-state index in [4.69, 9.17) is 21.1 Å². The highest BCUT2D eigenvalue weighted by Crippen LogP contribution is 2.37. The summed E-state index contributed by atoms with van der Waals surface area (Å²) in [4.78, 5) is 25.0. The van der Waals surface area contributed by atoms with E-state index in [0.29, 0.717) is 27.6 Å². The maximum absolute atomic E-state index is 12.7. The fourth-order valence-corrected chi connectivity index (χ4v) is 3.26. The quantitative estimate of drug-likeness (QED) is 0.414. The minimum atomic E-state index is -0.165. The zero-order chi connectivity index (χ0) is 20.4. The summed E-state index contributed by atoms with van der Waals surface area (Å²) < 4.78 is 11.4. The van der Waals surface area contributed by atoms with Gasteiger partial charge in [0.05, 0.1) is 5.56 Å². The van der Waals surface area contributed by atoms with Gasteiger partial charge in [0.1, 0.15) is 11.5 Å². The van der Waals surface area contributed by atoms with Gasteiger partial charge >= 0.3 is 0 Å². The Morgan fingerprint density at radius 1 is 1.07 bits per heavy atom. The first kappa shape index (κ1) is 19.0. The average Bonchev–Trinajstić information content (AvgIpc) is 3.03. The summed E-state index contributed by atoms with van der Waals surface area (Å²) in [5.41, 5.74) is 2.65. The molecule has 0 fully saturated rings. The van der Waals surface area contributed by atoms with E-state index >= 15 is 0 Å². The third kappa shape index (κ3) is 4.08. The third-order valence-electron chi connectivity index (χ3n) is 4.58. The average molecular weight is 405 g/mol. The summed E-state index contributed by atoms with van der Waals surface area (Å²) in [6, 6.07) is 19.5. The normalized spacial score (nSPS) is 13.9. The number of hydrogen-bond donors (Lipinski definition) is 0. The van der Waals surface area contributed by atoms with Crippen molar-refractivity contribution >= 4 is 29.2 Å². The number of Topliss-reactive ketones (excluding diaryl/α,β-unsaturated/α-hetero) is 2. The Morgan fingerprint density at radius 3 is 2.52 bits per heavy atom. The summed E-state index contributed by atoms with van der Waals surface area (Å²) in [6.45, 7) is 1.69. The fraction of sp³-hybridized carbons (Fsp3) is 0.0833. The largest absolute Gasteiger partial charge is 0.485 e. The molecule has 0 aromatic heterocycles. The number of aryl methyl sites for hydroxylation is 1. The zero-order valence-electron chi connectivity index (χ0n) is 15.6. The van der Waals surface area contributed by atoms with Crippen LogP contribution in [0.25, 0.3) is 6.08 Å². The highest BCUT2D eigenvalue weighted by atomic mass is 35.5. The van der Waals surface area contributed by atoms with E-state index in [1.165, 1.54) is 0 Å². The summed E-state index contributed by atoms with van der Waals surface area (Å²) in [5.74, 6) is 0.846. The fourth-order valence-electron chi connectivity index (χ4n) is 3.13. The topological polar surface area (TPSA) is 52.6 Å². The number of allylic oxidation sites excluding steroid dienone is 1. The lowest BCUT2D eigenvalue weighted by molar-refractivity contribution is 0.0920. The molecule has 1 heterocycles. The van der Waals surface area contributed by atoms with Gasteiger partial charge in [-0.25, -0.2) is 0 Å². The van der Waals surface area contributed by atoms with Crippen LogP contribution in [0.1, 0.15) is 31.8 Å². The van der Waals surface area contributed by atoms with Crippen LogP contribution in [0.15, 0.2) is 72.5 Å².